The highest BCUT2D eigenvalue weighted by atomic mass is 35.5. The van der Waals surface area contributed by atoms with E-state index in [2.05, 4.69) is 5.32 Å². The van der Waals surface area contributed by atoms with Gasteiger partial charge in [-0.05, 0) is 18.1 Å². The molecule has 21 heavy (non-hydrogen) atoms. The molecule has 2 aromatic carbocycles. The fourth-order valence-electron chi connectivity index (χ4n) is 1.84. The molecular formula is C15H13ClF2N2O. The molecule has 0 spiro atoms. The number of nitrogens with two attached hydrogens (primary N) is 1. The molecule has 0 fully saturated rings. The molecule has 3 N–H and O–H groups in total. The van der Waals surface area contributed by atoms with Gasteiger partial charge in [0.05, 0.1) is 16.8 Å². The van der Waals surface area contributed by atoms with Crippen molar-refractivity contribution in [1.29, 1.82) is 0 Å². The van der Waals surface area contributed by atoms with Crippen LogP contribution in [0.3, 0.4) is 0 Å². The Morgan fingerprint density at radius 3 is 2.52 bits per heavy atom. The van der Waals surface area contributed by atoms with Gasteiger partial charge in [0.1, 0.15) is 5.82 Å². The molecule has 0 saturated heterocycles. The summed E-state index contributed by atoms with van der Waals surface area (Å²) in [7, 11) is 0. The highest BCUT2D eigenvalue weighted by molar-refractivity contribution is 6.33. The Labute approximate surface area is 125 Å². The van der Waals surface area contributed by atoms with Gasteiger partial charge in [0.2, 0.25) is 5.91 Å². The van der Waals surface area contributed by atoms with E-state index in [4.69, 9.17) is 17.3 Å². The number of hydrogen-bond acceptors (Lipinski definition) is 2. The summed E-state index contributed by atoms with van der Waals surface area (Å²) >= 11 is 5.71. The van der Waals surface area contributed by atoms with Crippen LogP contribution >= 0.6 is 11.6 Å². The monoisotopic (exact) mass is 310 g/mol. The minimum atomic E-state index is -0.944. The number of anilines is 1. The van der Waals surface area contributed by atoms with Crippen molar-refractivity contribution in [3.8, 4) is 0 Å². The van der Waals surface area contributed by atoms with Gasteiger partial charge in [-0.15, -0.1) is 0 Å². The van der Waals surface area contributed by atoms with Crippen LogP contribution in [0, 0.1) is 11.6 Å². The van der Waals surface area contributed by atoms with Gasteiger partial charge < -0.3 is 11.1 Å². The van der Waals surface area contributed by atoms with Crippen LogP contribution in [0.4, 0.5) is 14.5 Å². The Kier molecular flexibility index (Phi) is 4.88. The molecule has 1 unspecified atom stereocenters. The smallest absolute Gasteiger partial charge is 0.241 e. The number of carbonyl (C=O) groups is 1. The van der Waals surface area contributed by atoms with Crippen molar-refractivity contribution in [2.75, 3.05) is 5.32 Å². The molecule has 0 aliphatic carbocycles. The first-order valence-corrected chi connectivity index (χ1v) is 6.60. The summed E-state index contributed by atoms with van der Waals surface area (Å²) in [6, 6.07) is 9.87. The largest absolute Gasteiger partial charge is 0.321 e. The number of benzene rings is 2. The molecule has 0 bridgehead atoms. The van der Waals surface area contributed by atoms with E-state index >= 15 is 0 Å². The van der Waals surface area contributed by atoms with E-state index in [9.17, 15) is 13.6 Å². The van der Waals surface area contributed by atoms with Crippen molar-refractivity contribution in [2.45, 2.75) is 12.5 Å². The van der Waals surface area contributed by atoms with Crippen LogP contribution in [0.1, 0.15) is 5.56 Å². The first kappa shape index (κ1) is 15.4. The van der Waals surface area contributed by atoms with Crippen molar-refractivity contribution in [2.24, 2.45) is 5.73 Å². The predicted molar refractivity (Wildman–Crippen MR) is 78.1 cm³/mol. The van der Waals surface area contributed by atoms with Crippen LogP contribution in [-0.2, 0) is 11.2 Å². The van der Waals surface area contributed by atoms with Crippen LogP contribution in [-0.4, -0.2) is 11.9 Å². The molecule has 6 heteroatoms. The topological polar surface area (TPSA) is 55.1 Å². The first-order chi connectivity index (χ1) is 9.97. The number of carbonyl (C=O) groups excluding carboxylic acids is 1. The zero-order valence-electron chi connectivity index (χ0n) is 10.9. The van der Waals surface area contributed by atoms with Crippen molar-refractivity contribution in [1.82, 2.24) is 0 Å². The highest BCUT2D eigenvalue weighted by Gasteiger charge is 2.18. The van der Waals surface area contributed by atoms with Crippen LogP contribution in [0.25, 0.3) is 0 Å². The molecule has 0 saturated carbocycles. The number of halogens is 3. The third-order valence-corrected chi connectivity index (χ3v) is 3.19. The molecule has 0 aromatic heterocycles. The Balaban J connectivity index is 2.08. The van der Waals surface area contributed by atoms with E-state index in [0.29, 0.717) is 12.5 Å². The van der Waals surface area contributed by atoms with Crippen molar-refractivity contribution >= 4 is 23.2 Å². The number of rotatable bonds is 4. The SMILES string of the molecule is NC(Cc1ccccc1)C(=O)Nc1c(F)cc(F)cc1Cl. The fraction of sp³-hybridized carbons (Fsp3) is 0.133. The molecular weight excluding hydrogens is 298 g/mol. The highest BCUT2D eigenvalue weighted by Crippen LogP contribution is 2.26. The number of hydrogen-bond donors (Lipinski definition) is 2. The lowest BCUT2D eigenvalue weighted by Gasteiger charge is -2.14. The van der Waals surface area contributed by atoms with E-state index in [1.807, 2.05) is 30.3 Å². The fourth-order valence-corrected chi connectivity index (χ4v) is 2.08. The minimum Gasteiger partial charge on any atom is -0.321 e. The Morgan fingerprint density at radius 2 is 1.90 bits per heavy atom. The van der Waals surface area contributed by atoms with E-state index in [-0.39, 0.29) is 10.7 Å². The molecule has 3 nitrogen and oxygen atoms in total. The average molecular weight is 311 g/mol. The van der Waals surface area contributed by atoms with Gasteiger partial charge in [-0.3, -0.25) is 4.79 Å². The van der Waals surface area contributed by atoms with E-state index < -0.39 is 23.6 Å². The van der Waals surface area contributed by atoms with E-state index in [1.165, 1.54) is 0 Å². The quantitative estimate of drug-likeness (QED) is 0.911. The summed E-state index contributed by atoms with van der Waals surface area (Å²) in [5.41, 5.74) is 6.38. The first-order valence-electron chi connectivity index (χ1n) is 6.22. The second-order valence-corrected chi connectivity index (χ2v) is 4.94. The molecule has 0 aliphatic heterocycles. The summed E-state index contributed by atoms with van der Waals surface area (Å²) in [5.74, 6) is -2.35. The minimum absolute atomic E-state index is 0.215. The van der Waals surface area contributed by atoms with Gasteiger partial charge in [0.15, 0.2) is 5.82 Å². The number of nitrogens with one attached hydrogen (secondary N) is 1. The summed E-state index contributed by atoms with van der Waals surface area (Å²) in [5, 5.41) is 2.07. The van der Waals surface area contributed by atoms with Gasteiger partial charge in [-0.25, -0.2) is 8.78 Å². The van der Waals surface area contributed by atoms with E-state index in [1.54, 1.807) is 0 Å². The normalized spacial score (nSPS) is 12.0. The Bertz CT molecular complexity index is 626. The summed E-state index contributed by atoms with van der Waals surface area (Å²) in [6.45, 7) is 0. The third-order valence-electron chi connectivity index (χ3n) is 2.89. The standard InChI is InChI=1S/C15H13ClF2N2O/c16-11-7-10(17)8-12(18)14(11)20-15(21)13(19)6-9-4-2-1-3-5-9/h1-5,7-8,13H,6,19H2,(H,20,21). The molecule has 2 rings (SSSR count). The van der Waals surface area contributed by atoms with Crippen molar-refractivity contribution in [3.63, 3.8) is 0 Å². The van der Waals surface area contributed by atoms with E-state index in [0.717, 1.165) is 11.6 Å². The van der Waals surface area contributed by atoms with Gasteiger partial charge in [0.25, 0.3) is 0 Å². The second kappa shape index (κ2) is 6.65. The van der Waals surface area contributed by atoms with Crippen LogP contribution in [0.15, 0.2) is 42.5 Å². The zero-order chi connectivity index (χ0) is 15.4. The maximum absolute atomic E-state index is 13.6. The molecule has 2 aromatic rings. The zero-order valence-corrected chi connectivity index (χ0v) is 11.7. The summed E-state index contributed by atoms with van der Waals surface area (Å²) in [4.78, 5) is 12.0. The molecule has 0 aliphatic rings. The summed E-state index contributed by atoms with van der Waals surface area (Å²) in [6.07, 6.45) is 0.299. The predicted octanol–water partition coefficient (Wildman–Crippen LogP) is 3.13. The summed E-state index contributed by atoms with van der Waals surface area (Å²) < 4.78 is 26.5. The molecule has 1 amide bonds. The van der Waals surface area contributed by atoms with Gasteiger partial charge in [0, 0.05) is 6.07 Å². The average Bonchev–Trinajstić information content (AvgIpc) is 2.43. The van der Waals surface area contributed by atoms with Gasteiger partial charge in [-0.1, -0.05) is 41.9 Å². The maximum Gasteiger partial charge on any atom is 0.241 e. The maximum atomic E-state index is 13.6. The lowest BCUT2D eigenvalue weighted by Crippen LogP contribution is -2.37. The van der Waals surface area contributed by atoms with Crippen LogP contribution in [0.5, 0.6) is 0 Å². The third kappa shape index (κ3) is 4.00. The number of amides is 1. The molecule has 1 atom stereocenters. The molecule has 0 radical (unpaired) electrons. The van der Waals surface area contributed by atoms with Crippen molar-refractivity contribution in [3.05, 3.63) is 64.7 Å². The molecule has 110 valence electrons. The van der Waals surface area contributed by atoms with Crippen LogP contribution < -0.4 is 11.1 Å². The van der Waals surface area contributed by atoms with Crippen molar-refractivity contribution < 1.29 is 13.6 Å². The Morgan fingerprint density at radius 1 is 1.24 bits per heavy atom. The second-order valence-electron chi connectivity index (χ2n) is 4.53. The van der Waals surface area contributed by atoms with Crippen LogP contribution in [0.2, 0.25) is 5.02 Å². The van der Waals surface area contributed by atoms with Gasteiger partial charge in [-0.2, -0.15) is 0 Å². The Hall–Kier alpha value is -1.98. The lowest BCUT2D eigenvalue weighted by atomic mass is 10.1. The lowest BCUT2D eigenvalue weighted by molar-refractivity contribution is -0.117. The molecule has 0 heterocycles. The van der Waals surface area contributed by atoms with Gasteiger partial charge >= 0.3 is 0 Å².